The molecule has 0 N–H and O–H groups in total. The second-order valence-electron chi connectivity index (χ2n) is 3.86. The van der Waals surface area contributed by atoms with Crippen molar-refractivity contribution in [3.63, 3.8) is 0 Å². The Bertz CT molecular complexity index is 817. The molecule has 0 aliphatic heterocycles. The van der Waals surface area contributed by atoms with Crippen molar-refractivity contribution in [2.24, 2.45) is 0 Å². The molecule has 0 saturated heterocycles. The highest BCUT2D eigenvalue weighted by Crippen LogP contribution is 2.30. The maximum absolute atomic E-state index is 8.99. The van der Waals surface area contributed by atoms with E-state index in [1.165, 1.54) is 6.20 Å². The molecule has 6 heteroatoms. The van der Waals surface area contributed by atoms with Crippen LogP contribution in [0.1, 0.15) is 5.56 Å². The molecule has 3 aromatic rings. The molecule has 0 bridgehead atoms. The lowest BCUT2D eigenvalue weighted by atomic mass is 10.1. The summed E-state index contributed by atoms with van der Waals surface area (Å²) in [5, 5.41) is 14.3. The first kappa shape index (κ1) is 12.0. The topological polar surface area (TPSA) is 54.0 Å². The first-order valence-corrected chi connectivity index (χ1v) is 6.14. The lowest BCUT2D eigenvalue weighted by Crippen LogP contribution is -1.96. The van der Waals surface area contributed by atoms with Gasteiger partial charge < -0.3 is 0 Å². The first-order chi connectivity index (χ1) is 9.20. The van der Waals surface area contributed by atoms with Crippen molar-refractivity contribution < 1.29 is 0 Å². The molecule has 0 atom stereocenters. The Kier molecular flexibility index (Phi) is 2.86. The normalized spacial score (nSPS) is 10.6. The van der Waals surface area contributed by atoms with E-state index in [2.05, 4.69) is 10.1 Å². The summed E-state index contributed by atoms with van der Waals surface area (Å²) in [7, 11) is 0. The Labute approximate surface area is 118 Å². The van der Waals surface area contributed by atoms with Crippen LogP contribution in [0.25, 0.3) is 16.9 Å². The molecule has 2 heterocycles. The van der Waals surface area contributed by atoms with E-state index in [4.69, 9.17) is 28.5 Å². The summed E-state index contributed by atoms with van der Waals surface area (Å²) in [5.41, 5.74) is 2.39. The molecule has 3 rings (SSSR count). The van der Waals surface area contributed by atoms with E-state index in [1.807, 2.05) is 6.07 Å². The molecule has 1 aromatic carbocycles. The third-order valence-corrected chi connectivity index (χ3v) is 3.29. The minimum absolute atomic E-state index is 0.417. The number of hydrogen-bond donors (Lipinski definition) is 0. The van der Waals surface area contributed by atoms with Gasteiger partial charge in [-0.15, -0.1) is 0 Å². The fourth-order valence-corrected chi connectivity index (χ4v) is 2.25. The number of nitrogens with zero attached hydrogens (tertiary/aromatic N) is 4. The van der Waals surface area contributed by atoms with Crippen molar-refractivity contribution in [1.29, 1.82) is 5.26 Å². The van der Waals surface area contributed by atoms with Gasteiger partial charge >= 0.3 is 0 Å². The molecule has 0 amide bonds. The minimum Gasteiger partial charge on any atom is -0.236 e. The summed E-state index contributed by atoms with van der Waals surface area (Å²) < 4.78 is 1.58. The molecular weight excluding hydrogens is 283 g/mol. The van der Waals surface area contributed by atoms with Crippen LogP contribution in [0.15, 0.2) is 36.7 Å². The smallest absolute Gasteiger partial charge is 0.173 e. The number of halogens is 2. The Morgan fingerprint density at radius 3 is 2.84 bits per heavy atom. The molecule has 0 fully saturated rings. The molecular formula is C13H6Cl2N4. The van der Waals surface area contributed by atoms with Gasteiger partial charge in [-0.3, -0.25) is 0 Å². The van der Waals surface area contributed by atoms with Gasteiger partial charge in [-0.2, -0.15) is 10.4 Å². The Morgan fingerprint density at radius 2 is 2.05 bits per heavy atom. The third kappa shape index (κ3) is 1.93. The zero-order chi connectivity index (χ0) is 13.4. The molecule has 2 aromatic heterocycles. The summed E-state index contributed by atoms with van der Waals surface area (Å²) in [6.45, 7) is 0. The van der Waals surface area contributed by atoms with Crippen LogP contribution in [0, 0.1) is 11.3 Å². The highest BCUT2D eigenvalue weighted by atomic mass is 35.5. The van der Waals surface area contributed by atoms with Gasteiger partial charge in [0.2, 0.25) is 0 Å². The van der Waals surface area contributed by atoms with Crippen LogP contribution in [-0.4, -0.2) is 14.6 Å². The summed E-state index contributed by atoms with van der Waals surface area (Å²) >= 11 is 12.2. The summed E-state index contributed by atoms with van der Waals surface area (Å²) in [6.07, 6.45) is 3.09. The summed E-state index contributed by atoms with van der Waals surface area (Å²) in [6, 6.07) is 9.02. The molecule has 0 spiro atoms. The summed E-state index contributed by atoms with van der Waals surface area (Å²) in [5.74, 6) is 0. The van der Waals surface area contributed by atoms with E-state index in [1.54, 1.807) is 35.0 Å². The van der Waals surface area contributed by atoms with E-state index < -0.39 is 0 Å². The fourth-order valence-electron chi connectivity index (χ4n) is 1.87. The van der Waals surface area contributed by atoms with Crippen molar-refractivity contribution in [1.82, 2.24) is 14.6 Å². The van der Waals surface area contributed by atoms with Crippen molar-refractivity contribution in [3.05, 3.63) is 52.3 Å². The van der Waals surface area contributed by atoms with E-state index >= 15 is 0 Å². The van der Waals surface area contributed by atoms with Crippen molar-refractivity contribution >= 4 is 28.8 Å². The Morgan fingerprint density at radius 1 is 1.21 bits per heavy atom. The van der Waals surface area contributed by atoms with Crippen molar-refractivity contribution in [3.8, 4) is 17.3 Å². The molecule has 0 unspecified atom stereocenters. The number of hydrogen-bond acceptors (Lipinski definition) is 3. The highest BCUT2D eigenvalue weighted by molar-refractivity contribution is 6.35. The number of rotatable bonds is 1. The SMILES string of the molecule is N#Cc1cnn2c(-c3cc(Cl)ccc3Cl)ccnc12. The zero-order valence-electron chi connectivity index (χ0n) is 9.51. The zero-order valence-corrected chi connectivity index (χ0v) is 11.0. The molecule has 0 saturated carbocycles. The largest absolute Gasteiger partial charge is 0.236 e. The van der Waals surface area contributed by atoms with Crippen LogP contribution in [0.2, 0.25) is 10.0 Å². The molecule has 19 heavy (non-hydrogen) atoms. The van der Waals surface area contributed by atoms with Crippen LogP contribution >= 0.6 is 23.2 Å². The third-order valence-electron chi connectivity index (χ3n) is 2.73. The standard InChI is InChI=1S/C13H6Cl2N4/c14-9-1-2-11(15)10(5-9)12-3-4-17-13-8(6-16)7-18-19(12)13/h1-5,7H. The van der Waals surface area contributed by atoms with Gasteiger partial charge in [-0.05, 0) is 24.3 Å². The van der Waals surface area contributed by atoms with E-state index in [0.717, 1.165) is 11.3 Å². The van der Waals surface area contributed by atoms with Crippen molar-refractivity contribution in [2.75, 3.05) is 0 Å². The maximum atomic E-state index is 8.99. The average Bonchev–Trinajstić information content (AvgIpc) is 2.84. The Balaban J connectivity index is 2.34. The van der Waals surface area contributed by atoms with Gasteiger partial charge in [0.05, 0.1) is 16.9 Å². The number of fused-ring (bicyclic) bond motifs is 1. The van der Waals surface area contributed by atoms with Gasteiger partial charge in [0.1, 0.15) is 11.6 Å². The van der Waals surface area contributed by atoms with Crippen molar-refractivity contribution in [2.45, 2.75) is 0 Å². The molecule has 0 aliphatic carbocycles. The monoisotopic (exact) mass is 288 g/mol. The highest BCUT2D eigenvalue weighted by Gasteiger charge is 2.12. The number of nitriles is 1. The van der Waals surface area contributed by atoms with E-state index in [9.17, 15) is 0 Å². The van der Waals surface area contributed by atoms with Crippen LogP contribution in [0.3, 0.4) is 0 Å². The van der Waals surface area contributed by atoms with Crippen LogP contribution in [0.5, 0.6) is 0 Å². The molecule has 92 valence electrons. The number of benzene rings is 1. The van der Waals surface area contributed by atoms with Gasteiger partial charge in [-0.1, -0.05) is 23.2 Å². The van der Waals surface area contributed by atoms with Crippen LogP contribution in [-0.2, 0) is 0 Å². The van der Waals surface area contributed by atoms with Crippen LogP contribution < -0.4 is 0 Å². The van der Waals surface area contributed by atoms with Gasteiger partial charge in [0, 0.05) is 16.8 Å². The predicted molar refractivity (Wildman–Crippen MR) is 73.2 cm³/mol. The van der Waals surface area contributed by atoms with E-state index in [0.29, 0.717) is 21.3 Å². The lowest BCUT2D eigenvalue weighted by molar-refractivity contribution is 0.948. The molecule has 0 aliphatic rings. The summed E-state index contributed by atoms with van der Waals surface area (Å²) in [4.78, 5) is 4.15. The maximum Gasteiger partial charge on any atom is 0.173 e. The Hall–Kier alpha value is -2.09. The average molecular weight is 289 g/mol. The predicted octanol–water partition coefficient (Wildman–Crippen LogP) is 3.57. The quantitative estimate of drug-likeness (QED) is 0.688. The lowest BCUT2D eigenvalue weighted by Gasteiger charge is -2.07. The van der Waals surface area contributed by atoms with E-state index in [-0.39, 0.29) is 0 Å². The fraction of sp³-hybridized carbons (Fsp3) is 0. The van der Waals surface area contributed by atoms with Crippen LogP contribution in [0.4, 0.5) is 0 Å². The molecule has 4 nitrogen and oxygen atoms in total. The van der Waals surface area contributed by atoms with Gasteiger partial charge in [0.25, 0.3) is 0 Å². The number of aromatic nitrogens is 3. The molecule has 0 radical (unpaired) electrons. The van der Waals surface area contributed by atoms with Gasteiger partial charge in [0.15, 0.2) is 5.65 Å². The second kappa shape index (κ2) is 4.54. The van der Waals surface area contributed by atoms with Gasteiger partial charge in [-0.25, -0.2) is 9.50 Å². The first-order valence-electron chi connectivity index (χ1n) is 5.39. The second-order valence-corrected chi connectivity index (χ2v) is 4.70. The minimum atomic E-state index is 0.417.